The molecular weight excluding hydrogens is 350 g/mol. The van der Waals surface area contributed by atoms with Gasteiger partial charge in [0.2, 0.25) is 5.91 Å². The number of carbonyl (C=O) groups is 1. The van der Waals surface area contributed by atoms with E-state index in [-0.39, 0.29) is 5.91 Å². The molecule has 0 bridgehead atoms. The van der Waals surface area contributed by atoms with Gasteiger partial charge in [-0.05, 0) is 56.0 Å². The molecule has 4 rings (SSSR count). The summed E-state index contributed by atoms with van der Waals surface area (Å²) in [6.45, 7) is 3.39. The Balaban J connectivity index is 1.35. The van der Waals surface area contributed by atoms with Crippen molar-refractivity contribution >= 4 is 17.3 Å². The van der Waals surface area contributed by atoms with Crippen molar-refractivity contribution < 1.29 is 9.53 Å². The molecule has 5 heteroatoms. The molecule has 0 spiro atoms. The molecule has 2 aromatic carbocycles. The maximum atomic E-state index is 12.6. The van der Waals surface area contributed by atoms with Crippen LogP contribution in [-0.2, 0) is 11.3 Å². The van der Waals surface area contributed by atoms with Crippen molar-refractivity contribution in [1.29, 1.82) is 0 Å². The number of para-hydroxylation sites is 1. The van der Waals surface area contributed by atoms with E-state index < -0.39 is 0 Å². The molecule has 0 radical (unpaired) electrons. The van der Waals surface area contributed by atoms with E-state index in [1.807, 2.05) is 30.3 Å². The molecule has 0 atom stereocenters. The van der Waals surface area contributed by atoms with Crippen molar-refractivity contribution in [3.63, 3.8) is 0 Å². The number of methoxy groups -OCH3 is 1. The van der Waals surface area contributed by atoms with Crippen LogP contribution in [0.15, 0.2) is 48.5 Å². The minimum Gasteiger partial charge on any atom is -0.496 e. The first-order valence-corrected chi connectivity index (χ1v) is 10.2. The second kappa shape index (κ2) is 8.65. The Morgan fingerprint density at radius 2 is 1.82 bits per heavy atom. The topological polar surface area (TPSA) is 44.8 Å². The van der Waals surface area contributed by atoms with Crippen LogP contribution < -0.4 is 15.0 Å². The van der Waals surface area contributed by atoms with E-state index in [9.17, 15) is 4.79 Å². The number of carbonyl (C=O) groups excluding carboxylic acids is 1. The lowest BCUT2D eigenvalue weighted by Crippen LogP contribution is -2.34. The number of anilines is 2. The minimum absolute atomic E-state index is 0.0377. The maximum Gasteiger partial charge on any atom is 0.238 e. The molecule has 1 amide bonds. The summed E-state index contributed by atoms with van der Waals surface area (Å²) < 4.78 is 5.47. The van der Waals surface area contributed by atoms with Crippen LogP contribution in [0.25, 0.3) is 0 Å². The molecule has 1 heterocycles. The molecule has 1 saturated carbocycles. The average molecular weight is 380 g/mol. The van der Waals surface area contributed by atoms with Crippen LogP contribution in [0.3, 0.4) is 0 Å². The lowest BCUT2D eigenvalue weighted by molar-refractivity contribution is -0.117. The zero-order valence-corrected chi connectivity index (χ0v) is 16.6. The Labute approximate surface area is 167 Å². The summed E-state index contributed by atoms with van der Waals surface area (Å²) in [6, 6.07) is 16.8. The number of ether oxygens (including phenoxy) is 1. The summed E-state index contributed by atoms with van der Waals surface area (Å²) in [5, 5.41) is 3.06. The number of benzene rings is 2. The van der Waals surface area contributed by atoms with Crippen molar-refractivity contribution in [2.45, 2.75) is 38.3 Å². The van der Waals surface area contributed by atoms with E-state index in [0.717, 1.165) is 49.5 Å². The van der Waals surface area contributed by atoms with Crippen LogP contribution in [0.1, 0.15) is 31.2 Å². The first-order chi connectivity index (χ1) is 13.7. The molecule has 1 N–H and O–H groups in total. The highest BCUT2D eigenvalue weighted by Gasteiger charge is 2.30. The second-order valence-corrected chi connectivity index (χ2v) is 7.74. The molecule has 0 aromatic heterocycles. The molecule has 1 aliphatic carbocycles. The highest BCUT2D eigenvalue weighted by atomic mass is 16.5. The molecule has 1 saturated heterocycles. The van der Waals surface area contributed by atoms with Crippen molar-refractivity contribution in [3.05, 3.63) is 54.1 Å². The summed E-state index contributed by atoms with van der Waals surface area (Å²) in [6.07, 6.45) is 4.85. The van der Waals surface area contributed by atoms with E-state index in [1.54, 1.807) is 7.11 Å². The zero-order valence-electron chi connectivity index (χ0n) is 16.6. The van der Waals surface area contributed by atoms with E-state index >= 15 is 0 Å². The first-order valence-electron chi connectivity index (χ1n) is 10.2. The molecule has 148 valence electrons. The van der Waals surface area contributed by atoms with E-state index in [1.165, 1.54) is 18.5 Å². The Morgan fingerprint density at radius 1 is 1.11 bits per heavy atom. The average Bonchev–Trinajstić information content (AvgIpc) is 3.42. The number of nitrogens with one attached hydrogen (secondary N) is 1. The fourth-order valence-electron chi connectivity index (χ4n) is 3.92. The Morgan fingerprint density at radius 3 is 2.50 bits per heavy atom. The van der Waals surface area contributed by atoms with Gasteiger partial charge in [-0.1, -0.05) is 18.2 Å². The lowest BCUT2D eigenvalue weighted by Gasteiger charge is -2.23. The van der Waals surface area contributed by atoms with Crippen LogP contribution in [0.5, 0.6) is 5.75 Å². The standard InChI is InChI=1S/C23H29N3O2/c1-28-22-7-3-2-6-18(22)16-26(21-12-13-21)17-23(27)24-19-8-10-20(11-9-19)25-14-4-5-15-25/h2-3,6-11,21H,4-5,12-17H2,1H3,(H,24,27). The lowest BCUT2D eigenvalue weighted by atomic mass is 10.2. The fraction of sp³-hybridized carbons (Fsp3) is 0.435. The van der Waals surface area contributed by atoms with Gasteiger partial charge in [0.15, 0.2) is 0 Å². The molecule has 2 aliphatic rings. The number of hydrogen-bond donors (Lipinski definition) is 1. The number of rotatable bonds is 8. The number of nitrogens with zero attached hydrogens (tertiary/aromatic N) is 2. The third-order valence-corrected chi connectivity index (χ3v) is 5.60. The molecular formula is C23H29N3O2. The van der Waals surface area contributed by atoms with Crippen molar-refractivity contribution in [1.82, 2.24) is 4.90 Å². The van der Waals surface area contributed by atoms with E-state index in [0.29, 0.717) is 12.6 Å². The number of hydrogen-bond acceptors (Lipinski definition) is 4. The van der Waals surface area contributed by atoms with Gasteiger partial charge in [0, 0.05) is 42.6 Å². The Bertz CT molecular complexity index is 796. The summed E-state index contributed by atoms with van der Waals surface area (Å²) in [5.74, 6) is 0.918. The van der Waals surface area contributed by atoms with Crippen LogP contribution in [0.4, 0.5) is 11.4 Å². The number of amides is 1. The summed E-state index contributed by atoms with van der Waals surface area (Å²) in [7, 11) is 1.69. The Kier molecular flexibility index (Phi) is 5.81. The quantitative estimate of drug-likeness (QED) is 0.756. The summed E-state index contributed by atoms with van der Waals surface area (Å²) >= 11 is 0. The molecule has 2 aromatic rings. The fourth-order valence-corrected chi connectivity index (χ4v) is 3.92. The van der Waals surface area contributed by atoms with Gasteiger partial charge in [-0.2, -0.15) is 0 Å². The first kappa shape index (κ1) is 18.8. The van der Waals surface area contributed by atoms with Crippen molar-refractivity contribution in [3.8, 4) is 5.75 Å². The maximum absolute atomic E-state index is 12.6. The third kappa shape index (κ3) is 4.65. The monoisotopic (exact) mass is 379 g/mol. The van der Waals surface area contributed by atoms with Gasteiger partial charge < -0.3 is 15.0 Å². The van der Waals surface area contributed by atoms with Crippen LogP contribution >= 0.6 is 0 Å². The van der Waals surface area contributed by atoms with Crippen LogP contribution in [0.2, 0.25) is 0 Å². The van der Waals surface area contributed by atoms with E-state index in [2.05, 4.69) is 33.3 Å². The predicted octanol–water partition coefficient (Wildman–Crippen LogP) is 3.90. The minimum atomic E-state index is 0.0377. The molecule has 5 nitrogen and oxygen atoms in total. The van der Waals surface area contributed by atoms with Gasteiger partial charge in [-0.25, -0.2) is 0 Å². The molecule has 2 fully saturated rings. The Hall–Kier alpha value is -2.53. The molecule has 28 heavy (non-hydrogen) atoms. The normalized spacial score (nSPS) is 16.4. The van der Waals surface area contributed by atoms with Crippen molar-refractivity contribution in [2.24, 2.45) is 0 Å². The zero-order chi connectivity index (χ0) is 19.3. The highest BCUT2D eigenvalue weighted by molar-refractivity contribution is 5.92. The molecule has 1 aliphatic heterocycles. The second-order valence-electron chi connectivity index (χ2n) is 7.74. The van der Waals surface area contributed by atoms with Gasteiger partial charge in [0.1, 0.15) is 5.75 Å². The highest BCUT2D eigenvalue weighted by Crippen LogP contribution is 2.30. The SMILES string of the molecule is COc1ccccc1CN(CC(=O)Nc1ccc(N2CCCC2)cc1)C1CC1. The summed E-state index contributed by atoms with van der Waals surface area (Å²) in [5.41, 5.74) is 3.23. The van der Waals surface area contributed by atoms with Gasteiger partial charge in [-0.3, -0.25) is 9.69 Å². The van der Waals surface area contributed by atoms with Crippen LogP contribution in [0, 0.1) is 0 Å². The van der Waals surface area contributed by atoms with Crippen molar-refractivity contribution in [2.75, 3.05) is 37.0 Å². The third-order valence-electron chi connectivity index (χ3n) is 5.60. The van der Waals surface area contributed by atoms with E-state index in [4.69, 9.17) is 4.74 Å². The van der Waals surface area contributed by atoms with Gasteiger partial charge in [0.25, 0.3) is 0 Å². The molecule has 0 unspecified atom stereocenters. The largest absolute Gasteiger partial charge is 0.496 e. The summed E-state index contributed by atoms with van der Waals surface area (Å²) in [4.78, 5) is 17.3. The predicted molar refractivity (Wildman–Crippen MR) is 113 cm³/mol. The van der Waals surface area contributed by atoms with Gasteiger partial charge in [-0.15, -0.1) is 0 Å². The van der Waals surface area contributed by atoms with Crippen LogP contribution in [-0.4, -0.2) is 43.6 Å². The van der Waals surface area contributed by atoms with Gasteiger partial charge >= 0.3 is 0 Å². The van der Waals surface area contributed by atoms with Gasteiger partial charge in [0.05, 0.1) is 13.7 Å². The smallest absolute Gasteiger partial charge is 0.238 e.